The van der Waals surface area contributed by atoms with Crippen LogP contribution in [0.15, 0.2) is 24.3 Å². The van der Waals surface area contributed by atoms with Crippen LogP contribution < -0.4 is 0 Å². The summed E-state index contributed by atoms with van der Waals surface area (Å²) in [6.45, 7) is 1.99. The third-order valence-electron chi connectivity index (χ3n) is 5.23. The first-order valence-electron chi connectivity index (χ1n) is 10.4. The maximum absolute atomic E-state index is 13.8. The highest BCUT2D eigenvalue weighted by Crippen LogP contribution is 2.33. The van der Waals surface area contributed by atoms with Crippen molar-refractivity contribution in [2.45, 2.75) is 89.8 Å². The predicted octanol–water partition coefficient (Wildman–Crippen LogP) is 5.01. The molecule has 1 saturated carbocycles. The molecule has 0 heterocycles. The van der Waals surface area contributed by atoms with E-state index < -0.39 is 18.2 Å². The van der Waals surface area contributed by atoms with Crippen LogP contribution in [0.5, 0.6) is 0 Å². The molecule has 0 amide bonds. The number of rotatable bonds is 14. The maximum Gasteiger partial charge on any atom is 0.303 e. The standard InChI is InChI=1S/C22H35FO4/c1-2-3-11-19(23)21(25)16-14-17-13-15-20(24)18(17)10-8-6-4-5-7-9-12-22(26)27/h6,8,14,16-19,21,25H,2-5,7,9-13,15H2,1H3,(H,26,27)/b8-6+,16-14+/t17?,18-,19-,21-/m1/s1. The van der Waals surface area contributed by atoms with E-state index in [0.29, 0.717) is 25.7 Å². The molecule has 0 aromatic heterocycles. The minimum Gasteiger partial charge on any atom is -0.481 e. The molecule has 1 unspecified atom stereocenters. The number of hydrogen-bond acceptors (Lipinski definition) is 3. The molecule has 5 heteroatoms. The minimum atomic E-state index is -1.24. The van der Waals surface area contributed by atoms with Crippen LogP contribution in [0.1, 0.15) is 77.6 Å². The van der Waals surface area contributed by atoms with E-state index in [1.165, 1.54) is 6.08 Å². The molecular weight excluding hydrogens is 347 g/mol. The quantitative estimate of drug-likeness (QED) is 0.327. The normalized spacial score (nSPS) is 22.7. The van der Waals surface area contributed by atoms with Crippen LogP contribution in [-0.2, 0) is 9.59 Å². The van der Waals surface area contributed by atoms with Crippen LogP contribution >= 0.6 is 0 Å². The molecular formula is C22H35FO4. The fourth-order valence-electron chi connectivity index (χ4n) is 3.49. The highest BCUT2D eigenvalue weighted by molar-refractivity contribution is 5.83. The highest BCUT2D eigenvalue weighted by Gasteiger charge is 2.32. The van der Waals surface area contributed by atoms with Gasteiger partial charge in [-0.3, -0.25) is 9.59 Å². The van der Waals surface area contributed by atoms with Crippen LogP contribution in [0.25, 0.3) is 0 Å². The summed E-state index contributed by atoms with van der Waals surface area (Å²) in [5.74, 6) is -0.511. The molecule has 0 spiro atoms. The summed E-state index contributed by atoms with van der Waals surface area (Å²) in [7, 11) is 0. The van der Waals surface area contributed by atoms with Crippen molar-refractivity contribution in [3.63, 3.8) is 0 Å². The van der Waals surface area contributed by atoms with E-state index in [4.69, 9.17) is 5.11 Å². The number of aliphatic carboxylic acids is 1. The molecule has 2 N–H and O–H groups in total. The number of Topliss-reactive ketones (excluding diaryl/α,β-unsaturated/α-hetero) is 1. The summed E-state index contributed by atoms with van der Waals surface area (Å²) in [5, 5.41) is 18.5. The van der Waals surface area contributed by atoms with Gasteiger partial charge in [-0.25, -0.2) is 4.39 Å². The lowest BCUT2D eigenvalue weighted by molar-refractivity contribution is -0.137. The van der Waals surface area contributed by atoms with Crippen molar-refractivity contribution in [3.05, 3.63) is 24.3 Å². The second-order valence-corrected chi connectivity index (χ2v) is 7.51. The zero-order valence-corrected chi connectivity index (χ0v) is 16.5. The molecule has 4 nitrogen and oxygen atoms in total. The van der Waals surface area contributed by atoms with Gasteiger partial charge >= 0.3 is 5.97 Å². The van der Waals surface area contributed by atoms with Gasteiger partial charge in [0.2, 0.25) is 0 Å². The predicted molar refractivity (Wildman–Crippen MR) is 105 cm³/mol. The Morgan fingerprint density at radius 2 is 2.04 bits per heavy atom. The second-order valence-electron chi connectivity index (χ2n) is 7.51. The van der Waals surface area contributed by atoms with E-state index in [-0.39, 0.29) is 24.0 Å². The molecule has 0 bridgehead atoms. The van der Waals surface area contributed by atoms with Crippen molar-refractivity contribution in [1.29, 1.82) is 0 Å². The number of halogens is 1. The third-order valence-corrected chi connectivity index (χ3v) is 5.23. The Balaban J connectivity index is 2.35. The minimum absolute atomic E-state index is 0.0748. The fraction of sp³-hybridized carbons (Fsp3) is 0.727. The average molecular weight is 383 g/mol. The van der Waals surface area contributed by atoms with Crippen LogP contribution in [0.3, 0.4) is 0 Å². The van der Waals surface area contributed by atoms with Crippen molar-refractivity contribution in [2.24, 2.45) is 11.8 Å². The van der Waals surface area contributed by atoms with Crippen LogP contribution in [0, 0.1) is 11.8 Å². The van der Waals surface area contributed by atoms with Gasteiger partial charge in [-0.05, 0) is 44.4 Å². The number of carbonyl (C=O) groups is 2. The summed E-state index contributed by atoms with van der Waals surface area (Å²) in [6, 6.07) is 0. The first-order chi connectivity index (χ1) is 13.0. The summed E-state index contributed by atoms with van der Waals surface area (Å²) in [4.78, 5) is 22.5. The van der Waals surface area contributed by atoms with Crippen LogP contribution in [0.4, 0.5) is 4.39 Å². The van der Waals surface area contributed by atoms with E-state index in [1.807, 2.05) is 19.1 Å². The highest BCUT2D eigenvalue weighted by atomic mass is 19.1. The molecule has 4 atom stereocenters. The number of ketones is 1. The molecule has 1 fully saturated rings. The number of allylic oxidation sites excluding steroid dienone is 3. The number of hydrogen-bond donors (Lipinski definition) is 2. The second kappa shape index (κ2) is 13.6. The molecule has 0 aromatic rings. The molecule has 0 aliphatic heterocycles. The fourth-order valence-corrected chi connectivity index (χ4v) is 3.49. The van der Waals surface area contributed by atoms with Gasteiger partial charge in [0.25, 0.3) is 0 Å². The van der Waals surface area contributed by atoms with Crippen LogP contribution in [-0.4, -0.2) is 34.2 Å². The van der Waals surface area contributed by atoms with Gasteiger partial charge in [-0.15, -0.1) is 0 Å². The number of carboxylic acid groups (broad SMARTS) is 1. The zero-order valence-electron chi connectivity index (χ0n) is 16.5. The van der Waals surface area contributed by atoms with Gasteiger partial charge < -0.3 is 10.2 Å². The molecule has 1 aliphatic rings. The third kappa shape index (κ3) is 9.85. The monoisotopic (exact) mass is 382 g/mol. The van der Waals surface area contributed by atoms with Crippen molar-refractivity contribution in [2.75, 3.05) is 0 Å². The Morgan fingerprint density at radius 3 is 2.74 bits per heavy atom. The molecule has 1 rings (SSSR count). The Morgan fingerprint density at radius 1 is 1.26 bits per heavy atom. The largest absolute Gasteiger partial charge is 0.481 e. The van der Waals surface area contributed by atoms with E-state index in [9.17, 15) is 19.1 Å². The number of carboxylic acids is 1. The van der Waals surface area contributed by atoms with Gasteiger partial charge in [0, 0.05) is 18.8 Å². The molecule has 0 radical (unpaired) electrons. The molecule has 0 saturated heterocycles. The maximum atomic E-state index is 13.8. The van der Waals surface area contributed by atoms with Crippen molar-refractivity contribution >= 4 is 11.8 Å². The van der Waals surface area contributed by atoms with Gasteiger partial charge in [0.1, 0.15) is 18.1 Å². The molecule has 1 aliphatic carbocycles. The summed E-state index contributed by atoms with van der Waals surface area (Å²) in [6.07, 6.45) is 12.8. The van der Waals surface area contributed by atoms with E-state index in [2.05, 4.69) is 6.08 Å². The first-order valence-corrected chi connectivity index (χ1v) is 10.4. The Bertz CT molecular complexity index is 501. The van der Waals surface area contributed by atoms with Crippen molar-refractivity contribution in [1.82, 2.24) is 0 Å². The van der Waals surface area contributed by atoms with Crippen molar-refractivity contribution < 1.29 is 24.2 Å². The van der Waals surface area contributed by atoms with E-state index >= 15 is 0 Å². The molecule has 27 heavy (non-hydrogen) atoms. The number of alkyl halides is 1. The number of aliphatic hydroxyl groups excluding tert-OH is 1. The topological polar surface area (TPSA) is 74.6 Å². The van der Waals surface area contributed by atoms with E-state index in [1.54, 1.807) is 0 Å². The zero-order chi connectivity index (χ0) is 20.1. The lowest BCUT2D eigenvalue weighted by Gasteiger charge is -2.15. The first kappa shape index (κ1) is 23.5. The van der Waals surface area contributed by atoms with Crippen molar-refractivity contribution in [3.8, 4) is 0 Å². The number of unbranched alkanes of at least 4 members (excludes halogenated alkanes) is 4. The van der Waals surface area contributed by atoms with Gasteiger partial charge in [0.15, 0.2) is 0 Å². The Hall–Kier alpha value is -1.49. The summed E-state index contributed by atoms with van der Waals surface area (Å²) < 4.78 is 13.8. The summed E-state index contributed by atoms with van der Waals surface area (Å²) in [5.41, 5.74) is 0. The number of aliphatic hydroxyl groups is 1. The average Bonchev–Trinajstić information content (AvgIpc) is 2.99. The van der Waals surface area contributed by atoms with Crippen LogP contribution in [0.2, 0.25) is 0 Å². The molecule has 154 valence electrons. The van der Waals surface area contributed by atoms with Gasteiger partial charge in [-0.1, -0.05) is 50.5 Å². The van der Waals surface area contributed by atoms with E-state index in [0.717, 1.165) is 38.5 Å². The number of carbonyl (C=O) groups excluding carboxylic acids is 1. The van der Waals surface area contributed by atoms with Gasteiger partial charge in [0.05, 0.1) is 0 Å². The lowest BCUT2D eigenvalue weighted by atomic mass is 9.91. The smallest absolute Gasteiger partial charge is 0.303 e. The summed E-state index contributed by atoms with van der Waals surface area (Å²) >= 11 is 0. The Kier molecular flexibility index (Phi) is 11.9. The Labute approximate surface area is 162 Å². The lowest BCUT2D eigenvalue weighted by Crippen LogP contribution is -2.20. The van der Waals surface area contributed by atoms with Gasteiger partial charge in [-0.2, -0.15) is 0 Å². The molecule has 0 aromatic carbocycles. The SMILES string of the molecule is CCCC[C@@H](F)[C@H](O)/C=C/C1CCC(=O)[C@@H]1C/C=C/CCCCCC(=O)O.